The van der Waals surface area contributed by atoms with E-state index in [1.165, 1.54) is 0 Å². The fourth-order valence-electron chi connectivity index (χ4n) is 1.40. The number of primary sulfonamides is 1. The molecule has 0 spiro atoms. The van der Waals surface area contributed by atoms with E-state index in [0.29, 0.717) is 0 Å². The first-order valence-electron chi connectivity index (χ1n) is 4.77. The van der Waals surface area contributed by atoms with Crippen LogP contribution in [0.15, 0.2) is 27.6 Å². The number of rotatable bonds is 4. The van der Waals surface area contributed by atoms with Crippen molar-refractivity contribution in [2.24, 2.45) is 5.14 Å². The Morgan fingerprint density at radius 3 is 2.60 bits per heavy atom. The van der Waals surface area contributed by atoms with Gasteiger partial charge in [0.15, 0.2) is 0 Å². The van der Waals surface area contributed by atoms with Gasteiger partial charge in [-0.15, -0.1) is 0 Å². The van der Waals surface area contributed by atoms with Crippen molar-refractivity contribution >= 4 is 26.0 Å². The molecule has 0 fully saturated rings. The van der Waals surface area contributed by atoms with Crippen molar-refractivity contribution in [2.75, 3.05) is 0 Å². The predicted molar refractivity (Wildman–Crippen MR) is 64.1 cm³/mol. The summed E-state index contributed by atoms with van der Waals surface area (Å²) in [5.41, 5.74) is 0.779. The van der Waals surface area contributed by atoms with Crippen LogP contribution >= 0.6 is 15.9 Å². The van der Waals surface area contributed by atoms with E-state index in [0.717, 1.165) is 29.3 Å². The lowest BCUT2D eigenvalue weighted by molar-refractivity contribution is 0.596. The molecule has 1 aromatic carbocycles. The second-order valence-corrected chi connectivity index (χ2v) is 5.75. The number of halogens is 1. The van der Waals surface area contributed by atoms with Gasteiger partial charge in [-0.3, -0.25) is 0 Å². The van der Waals surface area contributed by atoms with Crippen LogP contribution < -0.4 is 5.14 Å². The summed E-state index contributed by atoms with van der Waals surface area (Å²) in [5, 5.41) is 5.15. The van der Waals surface area contributed by atoms with E-state index >= 15 is 0 Å². The monoisotopic (exact) mass is 291 g/mol. The summed E-state index contributed by atoms with van der Waals surface area (Å²) in [5.74, 6) is 0. The maximum atomic E-state index is 11.3. The highest BCUT2D eigenvalue weighted by Crippen LogP contribution is 2.25. The quantitative estimate of drug-likeness (QED) is 0.926. The van der Waals surface area contributed by atoms with E-state index in [-0.39, 0.29) is 4.90 Å². The number of sulfonamides is 1. The van der Waals surface area contributed by atoms with Crippen molar-refractivity contribution in [3.05, 3.63) is 28.2 Å². The molecule has 0 bridgehead atoms. The predicted octanol–water partition coefficient (Wildman–Crippen LogP) is 2.44. The van der Waals surface area contributed by atoms with Crippen molar-refractivity contribution in [3.63, 3.8) is 0 Å². The van der Waals surface area contributed by atoms with Crippen molar-refractivity contribution in [2.45, 2.75) is 31.1 Å². The molecule has 1 rings (SSSR count). The SMILES string of the molecule is CCCCc1c(Br)cccc1S(N)(=O)=O. The van der Waals surface area contributed by atoms with Crippen LogP contribution in [0.3, 0.4) is 0 Å². The molecule has 0 aliphatic rings. The summed E-state index contributed by atoms with van der Waals surface area (Å²) in [4.78, 5) is 0.227. The van der Waals surface area contributed by atoms with Crippen molar-refractivity contribution in [1.29, 1.82) is 0 Å². The molecule has 0 aliphatic carbocycles. The highest BCUT2D eigenvalue weighted by Gasteiger charge is 2.15. The fourth-order valence-corrected chi connectivity index (χ4v) is 2.92. The molecule has 0 aliphatic heterocycles. The van der Waals surface area contributed by atoms with Gasteiger partial charge in [0.2, 0.25) is 10.0 Å². The van der Waals surface area contributed by atoms with Crippen molar-refractivity contribution in [1.82, 2.24) is 0 Å². The molecule has 0 radical (unpaired) electrons. The van der Waals surface area contributed by atoms with Gasteiger partial charge in [0.1, 0.15) is 0 Å². The number of benzene rings is 1. The van der Waals surface area contributed by atoms with Crippen LogP contribution in [-0.4, -0.2) is 8.42 Å². The third-order valence-corrected chi connectivity index (χ3v) is 3.90. The smallest absolute Gasteiger partial charge is 0.225 e. The second-order valence-electron chi connectivity index (χ2n) is 3.37. The van der Waals surface area contributed by atoms with Gasteiger partial charge in [0.25, 0.3) is 0 Å². The Morgan fingerprint density at radius 1 is 1.40 bits per heavy atom. The van der Waals surface area contributed by atoms with E-state index in [1.807, 2.05) is 6.07 Å². The summed E-state index contributed by atoms with van der Waals surface area (Å²) in [6, 6.07) is 5.06. The first kappa shape index (κ1) is 12.7. The first-order chi connectivity index (χ1) is 6.96. The summed E-state index contributed by atoms with van der Waals surface area (Å²) < 4.78 is 23.5. The third kappa shape index (κ3) is 3.29. The number of unbranched alkanes of at least 4 members (excludes halogenated alkanes) is 1. The Hall–Kier alpha value is -0.390. The number of hydrogen-bond acceptors (Lipinski definition) is 2. The summed E-state index contributed by atoms with van der Waals surface area (Å²) in [6.07, 6.45) is 2.69. The minimum atomic E-state index is -3.62. The highest BCUT2D eigenvalue weighted by atomic mass is 79.9. The zero-order valence-corrected chi connectivity index (χ0v) is 10.9. The summed E-state index contributed by atoms with van der Waals surface area (Å²) in [7, 11) is -3.62. The minimum Gasteiger partial charge on any atom is -0.225 e. The molecular weight excluding hydrogens is 278 g/mol. The summed E-state index contributed by atoms with van der Waals surface area (Å²) >= 11 is 3.35. The molecule has 0 saturated heterocycles. The van der Waals surface area contributed by atoms with Gasteiger partial charge < -0.3 is 0 Å². The molecular formula is C10H14BrNO2S. The summed E-state index contributed by atoms with van der Waals surface area (Å²) in [6.45, 7) is 2.06. The molecule has 0 aromatic heterocycles. The topological polar surface area (TPSA) is 60.2 Å². The van der Waals surface area contributed by atoms with Crippen LogP contribution in [0.4, 0.5) is 0 Å². The minimum absolute atomic E-state index is 0.227. The molecule has 1 aromatic rings. The van der Waals surface area contributed by atoms with Crippen molar-refractivity contribution in [3.8, 4) is 0 Å². The van der Waals surface area contributed by atoms with Crippen LogP contribution in [0.25, 0.3) is 0 Å². The van der Waals surface area contributed by atoms with Gasteiger partial charge in [-0.1, -0.05) is 35.3 Å². The Morgan fingerprint density at radius 2 is 2.07 bits per heavy atom. The first-order valence-corrected chi connectivity index (χ1v) is 7.11. The third-order valence-electron chi connectivity index (χ3n) is 2.16. The standard InChI is InChI=1S/C10H14BrNO2S/c1-2-3-5-8-9(11)6-4-7-10(8)15(12,13)14/h4,6-7H,2-3,5H2,1H3,(H2,12,13,14). The molecule has 0 unspecified atom stereocenters. The molecule has 3 nitrogen and oxygen atoms in total. The van der Waals surface area contributed by atoms with Crippen LogP contribution in [-0.2, 0) is 16.4 Å². The second kappa shape index (κ2) is 5.09. The highest BCUT2D eigenvalue weighted by molar-refractivity contribution is 9.10. The van der Waals surface area contributed by atoms with E-state index in [9.17, 15) is 8.42 Å². The average Bonchev–Trinajstić information content (AvgIpc) is 2.14. The van der Waals surface area contributed by atoms with E-state index in [4.69, 9.17) is 5.14 Å². The molecule has 2 N–H and O–H groups in total. The van der Waals surface area contributed by atoms with Gasteiger partial charge in [-0.05, 0) is 30.5 Å². The molecule has 84 valence electrons. The van der Waals surface area contributed by atoms with E-state index in [2.05, 4.69) is 22.9 Å². The molecule has 0 saturated carbocycles. The number of hydrogen-bond donors (Lipinski definition) is 1. The van der Waals surface area contributed by atoms with Crippen LogP contribution in [0.1, 0.15) is 25.3 Å². The van der Waals surface area contributed by atoms with Gasteiger partial charge in [-0.2, -0.15) is 0 Å². The van der Waals surface area contributed by atoms with E-state index < -0.39 is 10.0 Å². The Kier molecular flexibility index (Phi) is 4.31. The zero-order chi connectivity index (χ0) is 11.5. The van der Waals surface area contributed by atoms with Crippen molar-refractivity contribution < 1.29 is 8.42 Å². The lowest BCUT2D eigenvalue weighted by Crippen LogP contribution is -2.14. The Labute approximate surface area is 98.9 Å². The lowest BCUT2D eigenvalue weighted by Gasteiger charge is -2.09. The lowest BCUT2D eigenvalue weighted by atomic mass is 10.1. The zero-order valence-electron chi connectivity index (χ0n) is 8.53. The van der Waals surface area contributed by atoms with Gasteiger partial charge in [-0.25, -0.2) is 13.6 Å². The van der Waals surface area contributed by atoms with Crippen LogP contribution in [0, 0.1) is 0 Å². The van der Waals surface area contributed by atoms with Gasteiger partial charge in [0.05, 0.1) is 4.90 Å². The maximum Gasteiger partial charge on any atom is 0.238 e. The fraction of sp³-hybridized carbons (Fsp3) is 0.400. The largest absolute Gasteiger partial charge is 0.238 e. The van der Waals surface area contributed by atoms with E-state index in [1.54, 1.807) is 12.1 Å². The van der Waals surface area contributed by atoms with Gasteiger partial charge in [0, 0.05) is 4.47 Å². The Balaban J connectivity index is 3.21. The molecule has 0 heterocycles. The van der Waals surface area contributed by atoms with Crippen LogP contribution in [0.5, 0.6) is 0 Å². The maximum absolute atomic E-state index is 11.3. The number of nitrogens with two attached hydrogens (primary N) is 1. The van der Waals surface area contributed by atoms with Gasteiger partial charge >= 0.3 is 0 Å². The van der Waals surface area contributed by atoms with Crippen LogP contribution in [0.2, 0.25) is 0 Å². The average molecular weight is 292 g/mol. The molecule has 0 atom stereocenters. The Bertz CT molecular complexity index is 443. The molecule has 5 heteroatoms. The molecule has 0 amide bonds. The normalized spacial score (nSPS) is 11.7. The molecule has 15 heavy (non-hydrogen) atoms.